The van der Waals surface area contributed by atoms with E-state index in [0.29, 0.717) is 32.1 Å². The molecule has 3 rings (SSSR count). The first-order valence-corrected chi connectivity index (χ1v) is 12.9. The maximum absolute atomic E-state index is 13.5. The number of fused-ring (bicyclic) bond motifs is 1. The lowest BCUT2D eigenvalue weighted by atomic mass is 10.1. The molecular weight excluding hydrogens is 488 g/mol. The van der Waals surface area contributed by atoms with Gasteiger partial charge in [-0.05, 0) is 31.5 Å². The molecule has 204 valence electrons. The van der Waals surface area contributed by atoms with E-state index in [9.17, 15) is 19.2 Å². The van der Waals surface area contributed by atoms with E-state index >= 15 is 0 Å². The Hall–Kier alpha value is -3.92. The second-order valence-electron chi connectivity index (χ2n) is 8.77. The lowest BCUT2D eigenvalue weighted by molar-refractivity contribution is -0.142. The first kappa shape index (κ1) is 28.6. The molecule has 0 radical (unpaired) electrons. The molecule has 38 heavy (non-hydrogen) atoms. The topological polar surface area (TPSA) is 117 Å². The molecule has 0 spiro atoms. The van der Waals surface area contributed by atoms with Gasteiger partial charge in [-0.1, -0.05) is 42.5 Å². The van der Waals surface area contributed by atoms with Crippen LogP contribution in [0.5, 0.6) is 5.75 Å². The van der Waals surface area contributed by atoms with Crippen molar-refractivity contribution in [2.45, 2.75) is 32.9 Å². The number of hydrogen-bond donors (Lipinski definition) is 2. The summed E-state index contributed by atoms with van der Waals surface area (Å²) in [6, 6.07) is 14.8. The van der Waals surface area contributed by atoms with Crippen LogP contribution in [0.2, 0.25) is 0 Å². The highest BCUT2D eigenvalue weighted by Gasteiger charge is 2.29. The van der Waals surface area contributed by atoms with Crippen LogP contribution in [0.1, 0.15) is 36.2 Å². The summed E-state index contributed by atoms with van der Waals surface area (Å²) in [7, 11) is 0. The highest BCUT2D eigenvalue weighted by atomic mass is 16.5. The van der Waals surface area contributed by atoms with E-state index in [1.165, 1.54) is 4.90 Å². The van der Waals surface area contributed by atoms with Crippen molar-refractivity contribution in [3.63, 3.8) is 0 Å². The van der Waals surface area contributed by atoms with Gasteiger partial charge in [0.05, 0.1) is 25.1 Å². The van der Waals surface area contributed by atoms with E-state index < -0.39 is 23.8 Å². The minimum atomic E-state index is -1.16. The Morgan fingerprint density at radius 2 is 1.76 bits per heavy atom. The molecular formula is C28H36N4O6. The highest BCUT2D eigenvalue weighted by molar-refractivity contribution is 6.01. The molecule has 0 bridgehead atoms. The fourth-order valence-corrected chi connectivity index (χ4v) is 4.07. The van der Waals surface area contributed by atoms with Crippen LogP contribution in [-0.2, 0) is 25.7 Å². The van der Waals surface area contributed by atoms with E-state index in [1.54, 1.807) is 29.2 Å². The van der Waals surface area contributed by atoms with Crippen molar-refractivity contribution < 1.29 is 28.7 Å². The summed E-state index contributed by atoms with van der Waals surface area (Å²) in [6.45, 7) is 5.65. The summed E-state index contributed by atoms with van der Waals surface area (Å²) in [5.74, 6) is -1.37. The van der Waals surface area contributed by atoms with E-state index in [2.05, 4.69) is 10.6 Å². The van der Waals surface area contributed by atoms with Crippen molar-refractivity contribution in [2.75, 3.05) is 46.0 Å². The number of hydrogen-bond acceptors (Lipinski definition) is 6. The van der Waals surface area contributed by atoms with Crippen LogP contribution in [0, 0.1) is 0 Å². The Balaban J connectivity index is 1.92. The Labute approximate surface area is 223 Å². The van der Waals surface area contributed by atoms with Crippen molar-refractivity contribution in [1.82, 2.24) is 20.4 Å². The first-order chi connectivity index (χ1) is 18.4. The van der Waals surface area contributed by atoms with Crippen molar-refractivity contribution in [1.29, 1.82) is 0 Å². The molecule has 0 unspecified atom stereocenters. The van der Waals surface area contributed by atoms with E-state index in [0.717, 1.165) is 5.56 Å². The molecule has 1 aliphatic rings. The highest BCUT2D eigenvalue weighted by Crippen LogP contribution is 2.19. The fourth-order valence-electron chi connectivity index (χ4n) is 4.07. The number of rotatable bonds is 8. The summed E-state index contributed by atoms with van der Waals surface area (Å²) in [5.41, 5.74) is 1.08. The van der Waals surface area contributed by atoms with Gasteiger partial charge in [-0.3, -0.25) is 19.2 Å². The van der Waals surface area contributed by atoms with Gasteiger partial charge in [-0.15, -0.1) is 0 Å². The first-order valence-electron chi connectivity index (χ1n) is 12.9. The van der Waals surface area contributed by atoms with Crippen LogP contribution in [0.3, 0.4) is 0 Å². The van der Waals surface area contributed by atoms with Crippen LogP contribution >= 0.6 is 0 Å². The molecule has 2 N–H and O–H groups in total. The Kier molecular flexibility index (Phi) is 11.1. The third-order valence-electron chi connectivity index (χ3n) is 6.13. The summed E-state index contributed by atoms with van der Waals surface area (Å²) in [4.78, 5) is 56.1. The monoisotopic (exact) mass is 524 g/mol. The van der Waals surface area contributed by atoms with E-state index in [1.807, 2.05) is 44.2 Å². The van der Waals surface area contributed by atoms with Gasteiger partial charge in [0.15, 0.2) is 0 Å². The average Bonchev–Trinajstić information content (AvgIpc) is 2.92. The molecule has 4 amide bonds. The zero-order valence-corrected chi connectivity index (χ0v) is 22.0. The minimum Gasteiger partial charge on any atom is -0.491 e. The van der Waals surface area contributed by atoms with Gasteiger partial charge < -0.3 is 29.9 Å². The number of nitrogens with zero attached hydrogens (tertiary/aromatic N) is 2. The smallest absolute Gasteiger partial charge is 0.255 e. The molecule has 10 nitrogen and oxygen atoms in total. The van der Waals surface area contributed by atoms with Crippen LogP contribution < -0.4 is 15.4 Å². The van der Waals surface area contributed by atoms with Crippen LogP contribution in [0.4, 0.5) is 0 Å². The summed E-state index contributed by atoms with van der Waals surface area (Å²) >= 11 is 0. The normalized spacial score (nSPS) is 17.2. The second-order valence-corrected chi connectivity index (χ2v) is 8.77. The molecule has 0 saturated heterocycles. The number of ether oxygens (including phenoxy) is 2. The largest absolute Gasteiger partial charge is 0.491 e. The number of carbonyl (C=O) groups is 4. The van der Waals surface area contributed by atoms with Gasteiger partial charge in [0.1, 0.15) is 24.9 Å². The number of para-hydroxylation sites is 1. The van der Waals surface area contributed by atoms with Crippen molar-refractivity contribution in [3.8, 4) is 5.75 Å². The average molecular weight is 525 g/mol. The summed E-state index contributed by atoms with van der Waals surface area (Å²) < 4.78 is 11.1. The second kappa shape index (κ2) is 14.7. The molecule has 10 heteroatoms. The lowest BCUT2D eigenvalue weighted by Crippen LogP contribution is -2.51. The van der Waals surface area contributed by atoms with Gasteiger partial charge in [0, 0.05) is 26.2 Å². The molecule has 0 fully saturated rings. The third-order valence-corrected chi connectivity index (χ3v) is 6.13. The molecule has 1 atom stereocenters. The standard InChI is InChI=1S/C28H36N4O6/c1-3-31-15-17-38-24-13-9-8-12-22(24)27(35)30-23(28(36)29-14-16-37-4-2)18-25(33)32(20-26(31)34)19-21-10-6-5-7-11-21/h5-13,23H,3-4,14-20H2,1-2H3,(H,29,36)(H,30,35)/t23-/m0/s1. The molecule has 0 aromatic heterocycles. The number of benzene rings is 2. The van der Waals surface area contributed by atoms with Gasteiger partial charge in [-0.25, -0.2) is 0 Å². The molecule has 1 heterocycles. The summed E-state index contributed by atoms with van der Waals surface area (Å²) in [5, 5.41) is 5.42. The lowest BCUT2D eigenvalue weighted by Gasteiger charge is -2.29. The number of nitrogens with one attached hydrogen (secondary N) is 2. The fraction of sp³-hybridized carbons (Fsp3) is 0.429. The third kappa shape index (κ3) is 8.31. The molecule has 2 aromatic carbocycles. The van der Waals surface area contributed by atoms with Gasteiger partial charge in [-0.2, -0.15) is 0 Å². The zero-order valence-electron chi connectivity index (χ0n) is 22.0. The maximum Gasteiger partial charge on any atom is 0.255 e. The van der Waals surface area contributed by atoms with Crippen molar-refractivity contribution in [3.05, 3.63) is 65.7 Å². The zero-order chi connectivity index (χ0) is 27.3. The summed E-state index contributed by atoms with van der Waals surface area (Å²) in [6.07, 6.45) is -0.318. The van der Waals surface area contributed by atoms with Crippen LogP contribution in [0.25, 0.3) is 0 Å². The molecule has 2 aromatic rings. The van der Waals surface area contributed by atoms with E-state index in [-0.39, 0.29) is 44.1 Å². The molecule has 0 saturated carbocycles. The predicted molar refractivity (Wildman–Crippen MR) is 141 cm³/mol. The van der Waals surface area contributed by atoms with Crippen LogP contribution in [-0.4, -0.2) is 85.5 Å². The Morgan fingerprint density at radius 3 is 2.50 bits per heavy atom. The number of amides is 4. The van der Waals surface area contributed by atoms with Crippen molar-refractivity contribution >= 4 is 23.6 Å². The number of likely N-dealkylation sites (N-methyl/N-ethyl adjacent to an activating group) is 1. The van der Waals surface area contributed by atoms with Gasteiger partial charge in [0.25, 0.3) is 5.91 Å². The maximum atomic E-state index is 13.5. The van der Waals surface area contributed by atoms with Gasteiger partial charge >= 0.3 is 0 Å². The van der Waals surface area contributed by atoms with Crippen molar-refractivity contribution in [2.24, 2.45) is 0 Å². The quantitative estimate of drug-likeness (QED) is 0.507. The Bertz CT molecular complexity index is 1090. The SMILES string of the molecule is CCOCCNC(=O)[C@@H]1CC(=O)N(Cc2ccccc2)CC(=O)N(CC)CCOc2ccccc2C(=O)N1. The van der Waals surface area contributed by atoms with Gasteiger partial charge in [0.2, 0.25) is 17.7 Å². The molecule has 1 aliphatic heterocycles. The Morgan fingerprint density at radius 1 is 1.03 bits per heavy atom. The number of carbonyl (C=O) groups excluding carboxylic acids is 4. The van der Waals surface area contributed by atoms with E-state index in [4.69, 9.17) is 9.47 Å². The predicted octanol–water partition coefficient (Wildman–Crippen LogP) is 1.60. The minimum absolute atomic E-state index is 0.162. The van der Waals surface area contributed by atoms with Crippen LogP contribution in [0.15, 0.2) is 54.6 Å². The molecule has 0 aliphatic carbocycles.